The summed E-state index contributed by atoms with van der Waals surface area (Å²) in [6.07, 6.45) is 0.333. The molecule has 6 heteroatoms. The van der Waals surface area contributed by atoms with Gasteiger partial charge in [0.05, 0.1) is 6.61 Å². The summed E-state index contributed by atoms with van der Waals surface area (Å²) < 4.78 is 4.39. The number of rotatable bonds is 3. The monoisotopic (exact) mass is 262 g/mol. The Morgan fingerprint density at radius 1 is 1.53 bits per heavy atom. The first kappa shape index (κ1) is 21.3. The van der Waals surface area contributed by atoms with Crippen molar-refractivity contribution in [3.05, 3.63) is 0 Å². The summed E-state index contributed by atoms with van der Waals surface area (Å²) in [5.41, 5.74) is -0.750. The third kappa shape index (κ3) is 25.4. The van der Waals surface area contributed by atoms with Crippen molar-refractivity contribution >= 4 is 23.9 Å². The van der Waals surface area contributed by atoms with E-state index in [2.05, 4.69) is 4.74 Å². The van der Waals surface area contributed by atoms with Crippen molar-refractivity contribution in [2.75, 3.05) is 6.61 Å². The van der Waals surface area contributed by atoms with E-state index in [1.165, 1.54) is 0 Å². The molecule has 0 heterocycles. The van der Waals surface area contributed by atoms with Crippen LogP contribution in [-0.2, 0) is 14.3 Å². The second kappa shape index (κ2) is 11.5. The number of aldehydes is 1. The molecule has 0 radical (unpaired) electrons. The molecule has 1 atom stereocenters. The van der Waals surface area contributed by atoms with Gasteiger partial charge in [0.15, 0.2) is 5.38 Å². The van der Waals surface area contributed by atoms with Gasteiger partial charge in [-0.25, -0.2) is 4.79 Å². The fourth-order valence-corrected chi connectivity index (χ4v) is 0.340. The number of hydrogen-bond donors (Lipinski definition) is 0. The van der Waals surface area contributed by atoms with Crippen LogP contribution in [0.1, 0.15) is 27.7 Å². The number of esters is 1. The van der Waals surface area contributed by atoms with E-state index in [-0.39, 0.29) is 58.0 Å². The maximum absolute atomic E-state index is 10.4. The largest absolute Gasteiger partial charge is 1.00 e. The van der Waals surface area contributed by atoms with E-state index >= 15 is 0 Å². The van der Waals surface area contributed by atoms with Crippen LogP contribution in [0.25, 0.3) is 0 Å². The van der Waals surface area contributed by atoms with Gasteiger partial charge in [-0.15, -0.1) is 17.2 Å². The third-order valence-electron chi connectivity index (χ3n) is 0.631. The molecule has 0 aliphatic heterocycles. The molecule has 0 saturated heterocycles. The predicted molar refractivity (Wildman–Crippen MR) is 52.1 cm³/mol. The average Bonchev–Trinajstić information content (AvgIpc) is 2.00. The van der Waals surface area contributed by atoms with Gasteiger partial charge in [0.25, 0.3) is 0 Å². The Kier molecular flexibility index (Phi) is 16.4. The van der Waals surface area contributed by atoms with Crippen molar-refractivity contribution in [3.63, 3.8) is 0 Å². The predicted octanol–water partition coefficient (Wildman–Crippen LogP) is -2.49. The van der Waals surface area contributed by atoms with Crippen LogP contribution in [-0.4, -0.2) is 29.8 Å². The summed E-state index contributed by atoms with van der Waals surface area (Å²) in [4.78, 5) is 20.2. The fourth-order valence-electron chi connectivity index (χ4n) is 0.277. The molecular weight excluding hydrogens is 247 g/mol. The van der Waals surface area contributed by atoms with Gasteiger partial charge in [0.2, 0.25) is 0 Å². The van der Waals surface area contributed by atoms with Gasteiger partial charge in [-0.1, -0.05) is 20.8 Å². The van der Waals surface area contributed by atoms with Gasteiger partial charge in [0, 0.05) is 0 Å². The zero-order valence-electron chi connectivity index (χ0n) is 9.87. The maximum atomic E-state index is 10.4. The number of halogens is 1. The quantitative estimate of drug-likeness (QED) is 0.186. The molecule has 0 amide bonds. The van der Waals surface area contributed by atoms with E-state index in [1.54, 1.807) is 27.7 Å². The Bertz CT molecular complexity index is 173. The molecule has 0 fully saturated rings. The van der Waals surface area contributed by atoms with Crippen molar-refractivity contribution in [1.29, 1.82) is 0 Å². The van der Waals surface area contributed by atoms with Crippen LogP contribution in [0.15, 0.2) is 0 Å². The first-order valence-electron chi connectivity index (χ1n) is 4.18. The second-order valence-corrected chi connectivity index (χ2v) is 3.87. The zero-order valence-corrected chi connectivity index (χ0v) is 13.8. The van der Waals surface area contributed by atoms with Crippen LogP contribution in [0.2, 0.25) is 0 Å². The molecule has 1 unspecified atom stereocenters. The van der Waals surface area contributed by atoms with Crippen molar-refractivity contribution in [2.24, 2.45) is 0 Å². The molecule has 0 aromatic rings. The first-order chi connectivity index (χ1) is 6.22. The molecule has 15 heavy (non-hydrogen) atoms. The van der Waals surface area contributed by atoms with Gasteiger partial charge >= 0.3 is 57.4 Å². The fraction of sp³-hybridized carbons (Fsp3) is 0.778. The molecule has 0 bridgehead atoms. The SMILES string of the molecule is CC(C)(C)[O-].CCOC(=O)C(Cl)C=O.[K+]. The standard InChI is InChI=1S/C5H7ClO3.C4H9O.K/c1-2-9-5(8)4(6)3-7;1-4(2,3)5;/h3-4H,2H2,1H3;1-3H3;/q;-1;+1. The Morgan fingerprint density at radius 3 is 2.07 bits per heavy atom. The molecule has 0 rings (SSSR count). The van der Waals surface area contributed by atoms with E-state index in [9.17, 15) is 14.7 Å². The van der Waals surface area contributed by atoms with Crippen molar-refractivity contribution in [1.82, 2.24) is 0 Å². The van der Waals surface area contributed by atoms with E-state index in [0.29, 0.717) is 6.29 Å². The number of carbonyl (C=O) groups excluding carboxylic acids is 2. The summed E-state index contributed by atoms with van der Waals surface area (Å²) in [6.45, 7) is 6.79. The normalized spacial score (nSPS) is 11.3. The number of alkyl halides is 1. The molecule has 0 aliphatic rings. The Morgan fingerprint density at radius 2 is 1.87 bits per heavy atom. The molecule has 0 saturated carbocycles. The molecule has 0 aromatic heterocycles. The summed E-state index contributed by atoms with van der Waals surface area (Å²) in [5, 5.41) is 8.96. The molecule has 0 N–H and O–H groups in total. The molecule has 0 aliphatic carbocycles. The molecule has 0 spiro atoms. The van der Waals surface area contributed by atoms with Crippen LogP contribution in [0.5, 0.6) is 0 Å². The summed E-state index contributed by atoms with van der Waals surface area (Å²) in [5.74, 6) is -0.686. The van der Waals surface area contributed by atoms with E-state index in [4.69, 9.17) is 11.6 Å². The minimum absolute atomic E-state index is 0. The molecular formula is C9H16ClKO4. The Labute approximate surface area is 138 Å². The van der Waals surface area contributed by atoms with Gasteiger partial charge in [-0.05, 0) is 6.92 Å². The van der Waals surface area contributed by atoms with Gasteiger partial charge in [-0.3, -0.25) is 0 Å². The number of ether oxygens (including phenoxy) is 1. The number of hydrogen-bond acceptors (Lipinski definition) is 4. The van der Waals surface area contributed by atoms with Gasteiger partial charge in [0.1, 0.15) is 6.29 Å². The van der Waals surface area contributed by atoms with E-state index in [1.807, 2.05) is 0 Å². The number of carbonyl (C=O) groups is 2. The van der Waals surface area contributed by atoms with Crippen LogP contribution >= 0.6 is 11.6 Å². The smallest absolute Gasteiger partial charge is 0.850 e. The first-order valence-corrected chi connectivity index (χ1v) is 4.62. The van der Waals surface area contributed by atoms with Gasteiger partial charge in [-0.2, -0.15) is 0 Å². The minimum Gasteiger partial charge on any atom is -0.850 e. The Balaban J connectivity index is -0.000000208. The summed E-state index contributed by atoms with van der Waals surface area (Å²) in [7, 11) is 0. The van der Waals surface area contributed by atoms with Crippen molar-refractivity contribution in [2.45, 2.75) is 38.7 Å². The molecule has 0 aromatic carbocycles. The molecule has 84 valence electrons. The van der Waals surface area contributed by atoms with Crippen LogP contribution in [0.4, 0.5) is 0 Å². The third-order valence-corrected chi connectivity index (χ3v) is 0.912. The molecule has 4 nitrogen and oxygen atoms in total. The minimum atomic E-state index is -1.15. The average molecular weight is 263 g/mol. The van der Waals surface area contributed by atoms with Gasteiger partial charge < -0.3 is 14.6 Å². The topological polar surface area (TPSA) is 66.4 Å². The van der Waals surface area contributed by atoms with Crippen LogP contribution in [0.3, 0.4) is 0 Å². The van der Waals surface area contributed by atoms with Crippen molar-refractivity contribution < 1.29 is 70.8 Å². The summed E-state index contributed by atoms with van der Waals surface area (Å²) in [6, 6.07) is 0. The second-order valence-electron chi connectivity index (χ2n) is 3.40. The van der Waals surface area contributed by atoms with Crippen LogP contribution < -0.4 is 56.5 Å². The van der Waals surface area contributed by atoms with Crippen molar-refractivity contribution in [3.8, 4) is 0 Å². The summed E-state index contributed by atoms with van der Waals surface area (Å²) >= 11 is 5.15. The van der Waals surface area contributed by atoms with Crippen LogP contribution in [0, 0.1) is 0 Å². The Hall–Kier alpha value is 1.03. The zero-order chi connectivity index (χ0) is 11.8. The van der Waals surface area contributed by atoms with E-state index in [0.717, 1.165) is 0 Å². The van der Waals surface area contributed by atoms with E-state index < -0.39 is 16.9 Å². The maximum Gasteiger partial charge on any atom is 1.00 e.